The largest absolute Gasteiger partial charge is 0.368 e. The lowest BCUT2D eigenvalue weighted by atomic mass is 10.0. The predicted molar refractivity (Wildman–Crippen MR) is 90.4 cm³/mol. The number of amides is 2. The first kappa shape index (κ1) is 16.5. The molecular weight excluding hydrogens is 331 g/mol. The SMILES string of the molecule is NC(=O)[C@@H]1C[C@@H](F)CN1C(=O)c1cc(-c2ccccc2)ccc1Cl. The summed E-state index contributed by atoms with van der Waals surface area (Å²) in [5.41, 5.74) is 7.27. The van der Waals surface area contributed by atoms with E-state index >= 15 is 0 Å². The second-order valence-corrected chi connectivity index (χ2v) is 6.18. The van der Waals surface area contributed by atoms with Crippen LogP contribution >= 0.6 is 11.6 Å². The van der Waals surface area contributed by atoms with Gasteiger partial charge in [-0.05, 0) is 23.3 Å². The van der Waals surface area contributed by atoms with Crippen LogP contribution in [-0.4, -0.2) is 35.5 Å². The molecule has 1 heterocycles. The number of likely N-dealkylation sites (tertiary alicyclic amines) is 1. The molecule has 124 valence electrons. The Labute approximate surface area is 144 Å². The molecule has 1 saturated heterocycles. The molecular formula is C18H16ClFN2O2. The van der Waals surface area contributed by atoms with Crippen molar-refractivity contribution in [3.05, 3.63) is 59.1 Å². The molecule has 6 heteroatoms. The Kier molecular flexibility index (Phi) is 4.53. The highest BCUT2D eigenvalue weighted by Crippen LogP contribution is 2.29. The van der Waals surface area contributed by atoms with Crippen LogP contribution in [0.2, 0.25) is 5.02 Å². The molecule has 0 saturated carbocycles. The van der Waals surface area contributed by atoms with Crippen molar-refractivity contribution < 1.29 is 14.0 Å². The summed E-state index contributed by atoms with van der Waals surface area (Å²) in [5.74, 6) is -1.19. The van der Waals surface area contributed by atoms with Crippen molar-refractivity contribution >= 4 is 23.4 Å². The minimum atomic E-state index is -1.26. The van der Waals surface area contributed by atoms with Crippen molar-refractivity contribution in [3.8, 4) is 11.1 Å². The van der Waals surface area contributed by atoms with Gasteiger partial charge in [0.25, 0.3) is 5.91 Å². The van der Waals surface area contributed by atoms with Gasteiger partial charge in [0.2, 0.25) is 5.91 Å². The van der Waals surface area contributed by atoms with Gasteiger partial charge in [-0.1, -0.05) is 48.0 Å². The van der Waals surface area contributed by atoms with Crippen LogP contribution in [0.25, 0.3) is 11.1 Å². The van der Waals surface area contributed by atoms with Gasteiger partial charge < -0.3 is 10.6 Å². The number of nitrogens with zero attached hydrogens (tertiary/aromatic N) is 1. The van der Waals surface area contributed by atoms with Crippen LogP contribution in [0.4, 0.5) is 4.39 Å². The van der Waals surface area contributed by atoms with E-state index < -0.39 is 24.0 Å². The summed E-state index contributed by atoms with van der Waals surface area (Å²) in [6, 6.07) is 13.7. The van der Waals surface area contributed by atoms with Gasteiger partial charge >= 0.3 is 0 Å². The number of carbonyl (C=O) groups excluding carboxylic acids is 2. The van der Waals surface area contributed by atoms with E-state index in [2.05, 4.69) is 0 Å². The molecule has 0 unspecified atom stereocenters. The zero-order chi connectivity index (χ0) is 17.3. The zero-order valence-electron chi connectivity index (χ0n) is 12.8. The Morgan fingerprint density at radius 2 is 1.83 bits per heavy atom. The lowest BCUT2D eigenvalue weighted by molar-refractivity contribution is -0.121. The second kappa shape index (κ2) is 6.61. The van der Waals surface area contributed by atoms with Gasteiger partial charge in [-0.3, -0.25) is 9.59 Å². The Hall–Kier alpha value is -2.40. The first-order chi connectivity index (χ1) is 11.5. The monoisotopic (exact) mass is 346 g/mol. The van der Waals surface area contributed by atoms with E-state index in [1.807, 2.05) is 36.4 Å². The predicted octanol–water partition coefficient (Wildman–Crippen LogP) is 3.04. The smallest absolute Gasteiger partial charge is 0.256 e. The van der Waals surface area contributed by atoms with Crippen molar-refractivity contribution in [1.29, 1.82) is 0 Å². The van der Waals surface area contributed by atoms with E-state index in [0.29, 0.717) is 0 Å². The lowest BCUT2D eigenvalue weighted by Gasteiger charge is -2.22. The Bertz CT molecular complexity index is 782. The number of rotatable bonds is 3. The third kappa shape index (κ3) is 3.12. The van der Waals surface area contributed by atoms with Crippen molar-refractivity contribution in [3.63, 3.8) is 0 Å². The molecule has 0 aliphatic carbocycles. The standard InChI is InChI=1S/C18H16ClFN2O2/c19-15-7-6-12(11-4-2-1-3-5-11)8-14(15)18(24)22-10-13(20)9-16(22)17(21)23/h1-8,13,16H,9-10H2,(H2,21,23)/t13-,16+/m1/s1. The first-order valence-electron chi connectivity index (χ1n) is 7.56. The number of alkyl halides is 1. The third-order valence-corrected chi connectivity index (χ3v) is 4.47. The summed E-state index contributed by atoms with van der Waals surface area (Å²) in [6.07, 6.45) is -1.33. The summed E-state index contributed by atoms with van der Waals surface area (Å²) in [4.78, 5) is 25.4. The Balaban J connectivity index is 1.96. The molecule has 0 radical (unpaired) electrons. The topological polar surface area (TPSA) is 63.4 Å². The van der Waals surface area contributed by atoms with Gasteiger partial charge in [-0.15, -0.1) is 0 Å². The second-order valence-electron chi connectivity index (χ2n) is 5.77. The van der Waals surface area contributed by atoms with Crippen LogP contribution in [0.3, 0.4) is 0 Å². The summed E-state index contributed by atoms with van der Waals surface area (Å²) >= 11 is 6.16. The maximum Gasteiger partial charge on any atom is 0.256 e. The summed E-state index contributed by atoms with van der Waals surface area (Å²) in [6.45, 7) is -0.154. The molecule has 2 aromatic rings. The maximum atomic E-state index is 13.7. The van der Waals surface area contributed by atoms with E-state index in [9.17, 15) is 14.0 Å². The van der Waals surface area contributed by atoms with Crippen LogP contribution in [0, 0.1) is 0 Å². The summed E-state index contributed by atoms with van der Waals surface area (Å²) in [5, 5.41) is 0.255. The van der Waals surface area contributed by atoms with E-state index in [1.54, 1.807) is 12.1 Å². The number of halogens is 2. The molecule has 0 bridgehead atoms. The van der Waals surface area contributed by atoms with Crippen LogP contribution in [0.15, 0.2) is 48.5 Å². The van der Waals surface area contributed by atoms with Crippen LogP contribution in [0.5, 0.6) is 0 Å². The fraction of sp³-hybridized carbons (Fsp3) is 0.222. The van der Waals surface area contributed by atoms with Crippen LogP contribution in [0.1, 0.15) is 16.8 Å². The average molecular weight is 347 g/mol. The highest BCUT2D eigenvalue weighted by Gasteiger charge is 2.39. The van der Waals surface area contributed by atoms with Gasteiger partial charge in [-0.25, -0.2) is 4.39 Å². The molecule has 1 fully saturated rings. The number of nitrogens with two attached hydrogens (primary N) is 1. The number of hydrogen-bond donors (Lipinski definition) is 1. The zero-order valence-corrected chi connectivity index (χ0v) is 13.5. The first-order valence-corrected chi connectivity index (χ1v) is 7.94. The molecule has 0 spiro atoms. The molecule has 3 rings (SSSR count). The average Bonchev–Trinajstić information content (AvgIpc) is 2.98. The molecule has 1 aliphatic heterocycles. The molecule has 2 N–H and O–H groups in total. The molecule has 2 atom stereocenters. The molecule has 2 amide bonds. The summed E-state index contributed by atoms with van der Waals surface area (Å²) in [7, 11) is 0. The minimum Gasteiger partial charge on any atom is -0.368 e. The Morgan fingerprint density at radius 1 is 1.12 bits per heavy atom. The van der Waals surface area contributed by atoms with Gasteiger partial charge in [0.05, 0.1) is 17.1 Å². The molecule has 24 heavy (non-hydrogen) atoms. The van der Waals surface area contributed by atoms with Crippen molar-refractivity contribution in [1.82, 2.24) is 4.90 Å². The van der Waals surface area contributed by atoms with Gasteiger partial charge in [-0.2, -0.15) is 0 Å². The third-order valence-electron chi connectivity index (χ3n) is 4.14. The molecule has 1 aliphatic rings. The van der Waals surface area contributed by atoms with E-state index in [1.165, 1.54) is 4.90 Å². The van der Waals surface area contributed by atoms with Gasteiger partial charge in [0.1, 0.15) is 12.2 Å². The van der Waals surface area contributed by atoms with Gasteiger partial charge in [0.15, 0.2) is 0 Å². The van der Waals surface area contributed by atoms with Crippen LogP contribution < -0.4 is 5.73 Å². The van der Waals surface area contributed by atoms with Gasteiger partial charge in [0, 0.05) is 6.42 Å². The molecule has 0 aromatic heterocycles. The van der Waals surface area contributed by atoms with E-state index in [-0.39, 0.29) is 23.6 Å². The van der Waals surface area contributed by atoms with Crippen molar-refractivity contribution in [2.45, 2.75) is 18.6 Å². The molecule has 4 nitrogen and oxygen atoms in total. The highest BCUT2D eigenvalue weighted by molar-refractivity contribution is 6.34. The fourth-order valence-electron chi connectivity index (χ4n) is 2.93. The van der Waals surface area contributed by atoms with Crippen molar-refractivity contribution in [2.24, 2.45) is 5.73 Å². The number of hydrogen-bond acceptors (Lipinski definition) is 2. The number of benzene rings is 2. The van der Waals surface area contributed by atoms with E-state index in [4.69, 9.17) is 17.3 Å². The van der Waals surface area contributed by atoms with E-state index in [0.717, 1.165) is 11.1 Å². The quantitative estimate of drug-likeness (QED) is 0.928. The molecule has 2 aromatic carbocycles. The van der Waals surface area contributed by atoms with Crippen LogP contribution in [-0.2, 0) is 4.79 Å². The minimum absolute atomic E-state index is 0.0724. The fourth-order valence-corrected chi connectivity index (χ4v) is 3.13. The van der Waals surface area contributed by atoms with Crippen molar-refractivity contribution in [2.75, 3.05) is 6.54 Å². The lowest BCUT2D eigenvalue weighted by Crippen LogP contribution is -2.43. The highest BCUT2D eigenvalue weighted by atomic mass is 35.5. The number of carbonyl (C=O) groups is 2. The normalized spacial score (nSPS) is 20.2. The maximum absolute atomic E-state index is 13.7. The Morgan fingerprint density at radius 3 is 2.50 bits per heavy atom. The summed E-state index contributed by atoms with van der Waals surface area (Å²) < 4.78 is 13.7. The number of primary amides is 1.